The molecular weight excluding hydrogens is 302 g/mol. The van der Waals surface area contributed by atoms with Gasteiger partial charge in [0.15, 0.2) is 0 Å². The fraction of sp³-hybridized carbons (Fsp3) is 0.0769. The van der Waals surface area contributed by atoms with Gasteiger partial charge in [0.05, 0.1) is 6.04 Å². The van der Waals surface area contributed by atoms with Crippen LogP contribution in [0.5, 0.6) is 0 Å². The number of halogens is 3. The van der Waals surface area contributed by atoms with Crippen molar-refractivity contribution in [3.05, 3.63) is 69.7 Å². The molecular formula is C13H11BrF2N2. The number of nitrogens with one attached hydrogen (secondary N) is 1. The maximum Gasteiger partial charge on any atom is 0.123 e. The first-order valence-corrected chi connectivity index (χ1v) is 6.07. The van der Waals surface area contributed by atoms with Crippen LogP contribution >= 0.6 is 15.9 Å². The van der Waals surface area contributed by atoms with Crippen molar-refractivity contribution in [3.63, 3.8) is 0 Å². The van der Waals surface area contributed by atoms with Crippen molar-refractivity contribution in [3.8, 4) is 0 Å². The first-order chi connectivity index (χ1) is 8.61. The third kappa shape index (κ3) is 2.75. The molecule has 0 amide bonds. The highest BCUT2D eigenvalue weighted by molar-refractivity contribution is 9.10. The first-order valence-electron chi connectivity index (χ1n) is 5.28. The van der Waals surface area contributed by atoms with Crippen molar-refractivity contribution in [2.75, 3.05) is 0 Å². The Bertz CT molecular complexity index is 560. The highest BCUT2D eigenvalue weighted by atomic mass is 79.9. The largest absolute Gasteiger partial charge is 0.271 e. The maximum absolute atomic E-state index is 13.3. The molecule has 0 saturated carbocycles. The Morgan fingerprint density at radius 1 is 1.06 bits per heavy atom. The van der Waals surface area contributed by atoms with E-state index in [2.05, 4.69) is 21.4 Å². The minimum atomic E-state index is -0.481. The lowest BCUT2D eigenvalue weighted by Crippen LogP contribution is -2.29. The second-order valence-corrected chi connectivity index (χ2v) is 4.67. The van der Waals surface area contributed by atoms with E-state index in [-0.39, 0.29) is 11.6 Å². The van der Waals surface area contributed by atoms with E-state index < -0.39 is 6.04 Å². The van der Waals surface area contributed by atoms with E-state index in [4.69, 9.17) is 5.84 Å². The van der Waals surface area contributed by atoms with Gasteiger partial charge >= 0.3 is 0 Å². The van der Waals surface area contributed by atoms with Crippen molar-refractivity contribution in [1.29, 1.82) is 0 Å². The van der Waals surface area contributed by atoms with Gasteiger partial charge in [-0.3, -0.25) is 5.84 Å². The molecule has 0 aliphatic carbocycles. The molecule has 94 valence electrons. The molecule has 0 spiro atoms. The number of hydrazine groups is 1. The average molecular weight is 313 g/mol. The molecule has 0 saturated heterocycles. The second-order valence-electron chi connectivity index (χ2n) is 3.82. The Kier molecular flexibility index (Phi) is 4.06. The zero-order chi connectivity index (χ0) is 13.1. The molecule has 2 aromatic rings. The summed E-state index contributed by atoms with van der Waals surface area (Å²) in [5.41, 5.74) is 3.81. The third-order valence-electron chi connectivity index (χ3n) is 2.62. The van der Waals surface area contributed by atoms with Crippen LogP contribution in [0.1, 0.15) is 17.2 Å². The molecule has 5 heteroatoms. The van der Waals surface area contributed by atoms with Gasteiger partial charge in [-0.2, -0.15) is 0 Å². The molecule has 2 nitrogen and oxygen atoms in total. The minimum Gasteiger partial charge on any atom is -0.271 e. The molecule has 0 aliphatic heterocycles. The van der Waals surface area contributed by atoms with Crippen LogP contribution in [-0.4, -0.2) is 0 Å². The molecule has 18 heavy (non-hydrogen) atoms. The average Bonchev–Trinajstić information content (AvgIpc) is 2.35. The predicted molar refractivity (Wildman–Crippen MR) is 69.7 cm³/mol. The van der Waals surface area contributed by atoms with E-state index in [1.54, 1.807) is 18.2 Å². The Morgan fingerprint density at radius 3 is 2.44 bits per heavy atom. The van der Waals surface area contributed by atoms with Gasteiger partial charge in [-0.1, -0.05) is 28.1 Å². The summed E-state index contributed by atoms with van der Waals surface area (Å²) in [6.07, 6.45) is 0. The lowest BCUT2D eigenvalue weighted by molar-refractivity contribution is 0.593. The number of hydrogen-bond acceptors (Lipinski definition) is 2. The van der Waals surface area contributed by atoms with Gasteiger partial charge in [0.25, 0.3) is 0 Å². The van der Waals surface area contributed by atoms with Gasteiger partial charge in [-0.15, -0.1) is 0 Å². The summed E-state index contributed by atoms with van der Waals surface area (Å²) in [4.78, 5) is 0. The van der Waals surface area contributed by atoms with E-state index in [1.807, 2.05) is 0 Å². The molecule has 0 aliphatic rings. The van der Waals surface area contributed by atoms with Gasteiger partial charge < -0.3 is 0 Å². The lowest BCUT2D eigenvalue weighted by atomic mass is 9.99. The molecule has 1 unspecified atom stereocenters. The van der Waals surface area contributed by atoms with Gasteiger partial charge in [0.2, 0.25) is 0 Å². The van der Waals surface area contributed by atoms with Crippen molar-refractivity contribution in [2.45, 2.75) is 6.04 Å². The van der Waals surface area contributed by atoms with Crippen LogP contribution in [-0.2, 0) is 0 Å². The molecule has 0 fully saturated rings. The van der Waals surface area contributed by atoms with Crippen molar-refractivity contribution in [2.24, 2.45) is 5.84 Å². The lowest BCUT2D eigenvalue weighted by Gasteiger charge is -2.18. The normalized spacial score (nSPS) is 12.4. The van der Waals surface area contributed by atoms with E-state index in [0.717, 1.165) is 0 Å². The fourth-order valence-electron chi connectivity index (χ4n) is 1.79. The number of hydrogen-bond donors (Lipinski definition) is 2. The summed E-state index contributed by atoms with van der Waals surface area (Å²) in [6.45, 7) is 0. The van der Waals surface area contributed by atoms with E-state index in [0.29, 0.717) is 15.6 Å². The van der Waals surface area contributed by atoms with Gasteiger partial charge in [0, 0.05) is 4.47 Å². The first kappa shape index (κ1) is 13.1. The topological polar surface area (TPSA) is 38.0 Å². The van der Waals surface area contributed by atoms with E-state index >= 15 is 0 Å². The summed E-state index contributed by atoms with van der Waals surface area (Å²) in [5, 5.41) is 0. The quantitative estimate of drug-likeness (QED) is 0.674. The standard InChI is InChI=1S/C13H11BrF2N2/c14-12-5-4-10(16)7-11(12)13(18-17)8-2-1-3-9(15)6-8/h1-7,13,18H,17H2. The Balaban J connectivity index is 2.48. The Labute approximate surface area is 112 Å². The Hall–Kier alpha value is -1.30. The zero-order valence-electron chi connectivity index (χ0n) is 9.33. The molecule has 0 heterocycles. The highest BCUT2D eigenvalue weighted by Crippen LogP contribution is 2.29. The maximum atomic E-state index is 13.3. The van der Waals surface area contributed by atoms with Crippen molar-refractivity contribution in [1.82, 2.24) is 5.43 Å². The molecule has 1 atom stereocenters. The summed E-state index contributed by atoms with van der Waals surface area (Å²) < 4.78 is 27.2. The third-order valence-corrected chi connectivity index (χ3v) is 3.34. The van der Waals surface area contributed by atoms with Crippen LogP contribution in [0.4, 0.5) is 8.78 Å². The van der Waals surface area contributed by atoms with Gasteiger partial charge in [0.1, 0.15) is 11.6 Å². The SMILES string of the molecule is NNC(c1cccc(F)c1)c1cc(F)ccc1Br. The summed E-state index contributed by atoms with van der Waals surface area (Å²) in [7, 11) is 0. The molecule has 0 aromatic heterocycles. The Morgan fingerprint density at radius 2 is 1.78 bits per heavy atom. The molecule has 0 bridgehead atoms. The van der Waals surface area contributed by atoms with Crippen LogP contribution in [0.2, 0.25) is 0 Å². The van der Waals surface area contributed by atoms with E-state index in [9.17, 15) is 8.78 Å². The predicted octanol–water partition coefficient (Wildman–Crippen LogP) is 3.28. The second kappa shape index (κ2) is 5.56. The van der Waals surface area contributed by atoms with Crippen LogP contribution in [0, 0.1) is 11.6 Å². The van der Waals surface area contributed by atoms with Gasteiger partial charge in [-0.05, 0) is 41.5 Å². The number of nitrogens with two attached hydrogens (primary N) is 1. The van der Waals surface area contributed by atoms with Crippen molar-refractivity contribution >= 4 is 15.9 Å². The smallest absolute Gasteiger partial charge is 0.123 e. The zero-order valence-corrected chi connectivity index (χ0v) is 10.9. The number of rotatable bonds is 3. The minimum absolute atomic E-state index is 0.361. The van der Waals surface area contributed by atoms with Gasteiger partial charge in [-0.25, -0.2) is 14.2 Å². The summed E-state index contributed by atoms with van der Waals surface area (Å²) in [6, 6.07) is 9.83. The molecule has 3 N–H and O–H groups in total. The summed E-state index contributed by atoms with van der Waals surface area (Å²) in [5.74, 6) is 4.76. The van der Waals surface area contributed by atoms with Crippen molar-refractivity contribution < 1.29 is 8.78 Å². The van der Waals surface area contributed by atoms with Crippen LogP contribution < -0.4 is 11.3 Å². The monoisotopic (exact) mass is 312 g/mol. The number of benzene rings is 2. The molecule has 2 aromatic carbocycles. The highest BCUT2D eigenvalue weighted by Gasteiger charge is 2.16. The summed E-state index contributed by atoms with van der Waals surface area (Å²) >= 11 is 3.33. The molecule has 0 radical (unpaired) electrons. The van der Waals surface area contributed by atoms with E-state index in [1.165, 1.54) is 24.3 Å². The van der Waals surface area contributed by atoms with Crippen LogP contribution in [0.15, 0.2) is 46.9 Å². The van der Waals surface area contributed by atoms with Crippen LogP contribution in [0.25, 0.3) is 0 Å². The van der Waals surface area contributed by atoms with Crippen LogP contribution in [0.3, 0.4) is 0 Å². The fourth-order valence-corrected chi connectivity index (χ4v) is 2.26. The molecule has 2 rings (SSSR count).